The predicted octanol–water partition coefficient (Wildman–Crippen LogP) is 1.25. The third-order valence-corrected chi connectivity index (χ3v) is 0.916. The summed E-state index contributed by atoms with van der Waals surface area (Å²) in [6.45, 7) is 5.82. The van der Waals surface area contributed by atoms with Gasteiger partial charge in [0.1, 0.15) is 12.2 Å². The number of aryl methyl sites for hydroxylation is 1. The summed E-state index contributed by atoms with van der Waals surface area (Å²) in [5.41, 5.74) is 0. The summed E-state index contributed by atoms with van der Waals surface area (Å²) < 4.78 is 0. The molecule has 0 unspecified atom stereocenters. The van der Waals surface area contributed by atoms with Crippen molar-refractivity contribution in [3.05, 3.63) is 12.2 Å². The van der Waals surface area contributed by atoms with Gasteiger partial charge in [-0.25, -0.2) is 9.97 Å². The van der Waals surface area contributed by atoms with E-state index in [1.807, 2.05) is 20.8 Å². The smallest absolute Gasteiger partial charge is 0.225 e. The fraction of sp³-hybridized carbons (Fsp3) is 0.571. The van der Waals surface area contributed by atoms with E-state index < -0.39 is 0 Å². The molecule has 0 aromatic carbocycles. The maximum Gasteiger partial charge on any atom is 0.225 e. The average molecular weight is 154 g/mol. The minimum Gasteiger partial charge on any atom is -0.357 e. The molecule has 1 rings (SSSR count). The second kappa shape index (κ2) is 5.58. The molecule has 0 bridgehead atoms. The van der Waals surface area contributed by atoms with Crippen molar-refractivity contribution < 1.29 is 0 Å². The summed E-state index contributed by atoms with van der Waals surface area (Å²) in [4.78, 5) is 11.6. The van der Waals surface area contributed by atoms with Gasteiger partial charge in [-0.05, 0) is 6.92 Å². The van der Waals surface area contributed by atoms with Gasteiger partial charge in [0.2, 0.25) is 5.95 Å². The van der Waals surface area contributed by atoms with Gasteiger partial charge in [0.15, 0.2) is 0 Å². The van der Waals surface area contributed by atoms with Crippen LogP contribution in [0.3, 0.4) is 0 Å². The van der Waals surface area contributed by atoms with E-state index >= 15 is 0 Å². The molecular formula is C7H14N4. The quantitative estimate of drug-likeness (QED) is 0.661. The van der Waals surface area contributed by atoms with Crippen LogP contribution in [0.4, 0.5) is 5.95 Å². The highest BCUT2D eigenvalue weighted by molar-refractivity contribution is 5.19. The normalized spacial score (nSPS) is 8.00. The van der Waals surface area contributed by atoms with E-state index in [2.05, 4.69) is 20.3 Å². The van der Waals surface area contributed by atoms with Crippen molar-refractivity contribution in [2.45, 2.75) is 20.8 Å². The lowest BCUT2D eigenvalue weighted by Gasteiger charge is -1.94. The van der Waals surface area contributed by atoms with Crippen molar-refractivity contribution in [1.82, 2.24) is 15.0 Å². The molecule has 1 aromatic heterocycles. The first-order valence-corrected chi connectivity index (χ1v) is 3.66. The molecule has 62 valence electrons. The van der Waals surface area contributed by atoms with E-state index in [0.29, 0.717) is 5.95 Å². The molecule has 0 radical (unpaired) electrons. The van der Waals surface area contributed by atoms with E-state index in [9.17, 15) is 0 Å². The second-order valence-electron chi connectivity index (χ2n) is 1.61. The molecule has 4 nitrogen and oxygen atoms in total. The lowest BCUT2D eigenvalue weighted by Crippen LogP contribution is -1.98. The maximum atomic E-state index is 3.96. The van der Waals surface area contributed by atoms with Crippen molar-refractivity contribution in [3.8, 4) is 0 Å². The van der Waals surface area contributed by atoms with E-state index in [0.717, 1.165) is 5.82 Å². The van der Waals surface area contributed by atoms with E-state index in [4.69, 9.17) is 0 Å². The van der Waals surface area contributed by atoms with Crippen LogP contribution in [-0.2, 0) is 0 Å². The zero-order valence-corrected chi connectivity index (χ0v) is 7.42. The van der Waals surface area contributed by atoms with Crippen molar-refractivity contribution >= 4 is 5.95 Å². The van der Waals surface area contributed by atoms with Crippen LogP contribution in [0, 0.1) is 6.92 Å². The van der Waals surface area contributed by atoms with Gasteiger partial charge in [-0.1, -0.05) is 13.8 Å². The topological polar surface area (TPSA) is 50.7 Å². The summed E-state index contributed by atoms with van der Waals surface area (Å²) in [6.07, 6.45) is 1.48. The summed E-state index contributed by atoms with van der Waals surface area (Å²) in [5.74, 6) is 1.34. The molecule has 0 atom stereocenters. The van der Waals surface area contributed by atoms with Crippen LogP contribution in [0.5, 0.6) is 0 Å². The lowest BCUT2D eigenvalue weighted by atomic mass is 10.7. The largest absolute Gasteiger partial charge is 0.357 e. The molecule has 0 aliphatic carbocycles. The Labute approximate surface area is 67.1 Å². The van der Waals surface area contributed by atoms with E-state index in [1.165, 1.54) is 6.33 Å². The number of hydrogen-bond acceptors (Lipinski definition) is 4. The zero-order chi connectivity index (χ0) is 8.69. The van der Waals surface area contributed by atoms with Gasteiger partial charge < -0.3 is 5.32 Å². The molecule has 4 heteroatoms. The van der Waals surface area contributed by atoms with Gasteiger partial charge in [0.25, 0.3) is 0 Å². The molecule has 0 saturated carbocycles. The zero-order valence-electron chi connectivity index (χ0n) is 7.42. The Balaban J connectivity index is 0.000000461. The number of anilines is 1. The first-order chi connectivity index (χ1) is 5.33. The maximum absolute atomic E-state index is 3.96. The van der Waals surface area contributed by atoms with Gasteiger partial charge in [0.05, 0.1) is 0 Å². The highest BCUT2D eigenvalue weighted by Gasteiger charge is 1.89. The fourth-order valence-electron chi connectivity index (χ4n) is 0.499. The standard InChI is InChI=1S/C5H8N4.C2H6/c1-4-7-3-8-5(6-2)9-4;1-2/h3H,1-2H3,(H,6,7,8,9);1-2H3. The minimum absolute atomic E-state index is 0.613. The van der Waals surface area contributed by atoms with Gasteiger partial charge in [-0.3, -0.25) is 0 Å². The van der Waals surface area contributed by atoms with E-state index in [-0.39, 0.29) is 0 Å². The number of nitrogens with zero attached hydrogens (tertiary/aromatic N) is 3. The van der Waals surface area contributed by atoms with Crippen molar-refractivity contribution in [2.75, 3.05) is 12.4 Å². The molecule has 1 N–H and O–H groups in total. The number of rotatable bonds is 1. The van der Waals surface area contributed by atoms with Gasteiger partial charge in [-0.15, -0.1) is 0 Å². The van der Waals surface area contributed by atoms with Gasteiger partial charge in [-0.2, -0.15) is 4.98 Å². The first kappa shape index (κ1) is 9.81. The first-order valence-electron chi connectivity index (χ1n) is 3.66. The third kappa shape index (κ3) is 3.50. The molecule has 1 heterocycles. The fourth-order valence-corrected chi connectivity index (χ4v) is 0.499. The molecule has 0 amide bonds. The van der Waals surface area contributed by atoms with Gasteiger partial charge in [0, 0.05) is 7.05 Å². The highest BCUT2D eigenvalue weighted by atomic mass is 15.1. The Morgan fingerprint density at radius 2 is 1.91 bits per heavy atom. The summed E-state index contributed by atoms with van der Waals surface area (Å²) in [7, 11) is 1.77. The van der Waals surface area contributed by atoms with Gasteiger partial charge >= 0.3 is 0 Å². The molecule has 0 fully saturated rings. The number of hydrogen-bond donors (Lipinski definition) is 1. The molecule has 0 aliphatic heterocycles. The average Bonchev–Trinajstić information content (AvgIpc) is 2.08. The van der Waals surface area contributed by atoms with Crippen molar-refractivity contribution in [3.63, 3.8) is 0 Å². The van der Waals surface area contributed by atoms with Crippen LogP contribution >= 0.6 is 0 Å². The molecular weight excluding hydrogens is 140 g/mol. The van der Waals surface area contributed by atoms with E-state index in [1.54, 1.807) is 7.05 Å². The Bertz CT molecular complexity index is 199. The predicted molar refractivity (Wildman–Crippen MR) is 45.5 cm³/mol. The Hall–Kier alpha value is -1.19. The van der Waals surface area contributed by atoms with Crippen LogP contribution in [0.15, 0.2) is 6.33 Å². The Kier molecular flexibility index (Phi) is 4.98. The summed E-state index contributed by atoms with van der Waals surface area (Å²) >= 11 is 0. The lowest BCUT2D eigenvalue weighted by molar-refractivity contribution is 0.977. The number of nitrogens with one attached hydrogen (secondary N) is 1. The summed E-state index contributed by atoms with van der Waals surface area (Å²) in [6, 6.07) is 0. The van der Waals surface area contributed by atoms with Crippen LogP contribution < -0.4 is 5.32 Å². The molecule has 1 aromatic rings. The third-order valence-electron chi connectivity index (χ3n) is 0.916. The molecule has 0 aliphatic rings. The molecule has 0 saturated heterocycles. The van der Waals surface area contributed by atoms with Crippen molar-refractivity contribution in [2.24, 2.45) is 0 Å². The molecule has 0 spiro atoms. The monoisotopic (exact) mass is 154 g/mol. The SMILES string of the molecule is CC.CNc1ncnc(C)n1. The van der Waals surface area contributed by atoms with Crippen LogP contribution in [0.2, 0.25) is 0 Å². The van der Waals surface area contributed by atoms with Crippen LogP contribution in [-0.4, -0.2) is 22.0 Å². The van der Waals surface area contributed by atoms with Crippen molar-refractivity contribution in [1.29, 1.82) is 0 Å². The van der Waals surface area contributed by atoms with Crippen LogP contribution in [0.25, 0.3) is 0 Å². The minimum atomic E-state index is 0.613. The molecule has 11 heavy (non-hydrogen) atoms. The Morgan fingerprint density at radius 1 is 1.27 bits per heavy atom. The highest BCUT2D eigenvalue weighted by Crippen LogP contribution is 1.91. The summed E-state index contributed by atoms with van der Waals surface area (Å²) in [5, 5.41) is 2.81. The van der Waals surface area contributed by atoms with Crippen LogP contribution in [0.1, 0.15) is 19.7 Å². The Morgan fingerprint density at radius 3 is 2.27 bits per heavy atom. The second-order valence-corrected chi connectivity index (χ2v) is 1.61. The number of aromatic nitrogens is 3.